The maximum Gasteiger partial charge on any atom is 0.471 e. The van der Waals surface area contributed by atoms with Gasteiger partial charge in [0.15, 0.2) is 5.96 Å². The standard InChI is InChI=1S/C6H10F3N3O/c1-3(2)11-5(10)12-4(13)6(7,8)9/h3H,1-2H3,(H3,10,11,12,13). The monoisotopic (exact) mass is 197 g/mol. The lowest BCUT2D eigenvalue weighted by Gasteiger charge is -2.12. The summed E-state index contributed by atoms with van der Waals surface area (Å²) in [7, 11) is 0. The number of rotatable bonds is 1. The van der Waals surface area contributed by atoms with Crippen LogP contribution in [0.4, 0.5) is 13.2 Å². The molecule has 0 aliphatic heterocycles. The molecule has 0 spiro atoms. The van der Waals surface area contributed by atoms with Crippen LogP contribution in [0.15, 0.2) is 0 Å². The first-order valence-corrected chi connectivity index (χ1v) is 3.46. The summed E-state index contributed by atoms with van der Waals surface area (Å²) < 4.78 is 34.8. The minimum absolute atomic E-state index is 0.207. The van der Waals surface area contributed by atoms with Crippen molar-refractivity contribution in [1.29, 1.82) is 5.41 Å². The Kier molecular flexibility index (Phi) is 3.70. The lowest BCUT2D eigenvalue weighted by atomic mass is 10.4. The van der Waals surface area contributed by atoms with Crippen molar-refractivity contribution in [3.63, 3.8) is 0 Å². The van der Waals surface area contributed by atoms with E-state index in [0.29, 0.717) is 0 Å². The number of carbonyl (C=O) groups is 1. The molecule has 76 valence electrons. The smallest absolute Gasteiger partial charge is 0.354 e. The summed E-state index contributed by atoms with van der Waals surface area (Å²) >= 11 is 0. The normalized spacial score (nSPS) is 11.2. The molecule has 0 bridgehead atoms. The van der Waals surface area contributed by atoms with Gasteiger partial charge in [-0.1, -0.05) is 0 Å². The Hall–Kier alpha value is -1.27. The molecule has 0 unspecified atom stereocenters. The van der Waals surface area contributed by atoms with Gasteiger partial charge in [-0.05, 0) is 13.8 Å². The van der Waals surface area contributed by atoms with Crippen molar-refractivity contribution in [1.82, 2.24) is 10.6 Å². The van der Waals surface area contributed by atoms with E-state index in [1.165, 1.54) is 5.32 Å². The lowest BCUT2D eigenvalue weighted by molar-refractivity contribution is -0.172. The molecule has 7 heteroatoms. The van der Waals surface area contributed by atoms with E-state index in [1.54, 1.807) is 13.8 Å². The minimum Gasteiger partial charge on any atom is -0.354 e. The van der Waals surface area contributed by atoms with Crippen LogP contribution in [0.1, 0.15) is 13.8 Å². The average molecular weight is 197 g/mol. The molecule has 0 atom stereocenters. The molecule has 0 saturated carbocycles. The fourth-order valence-electron chi connectivity index (χ4n) is 0.509. The molecule has 0 aromatic rings. The van der Waals surface area contributed by atoms with Crippen LogP contribution >= 0.6 is 0 Å². The van der Waals surface area contributed by atoms with E-state index in [-0.39, 0.29) is 6.04 Å². The van der Waals surface area contributed by atoms with Crippen LogP contribution in [0.25, 0.3) is 0 Å². The Morgan fingerprint density at radius 3 is 2.15 bits per heavy atom. The molecular formula is C6H10F3N3O. The third-order valence-electron chi connectivity index (χ3n) is 0.929. The largest absolute Gasteiger partial charge is 0.471 e. The second-order valence-corrected chi connectivity index (χ2v) is 2.63. The molecule has 0 aliphatic carbocycles. The summed E-state index contributed by atoms with van der Waals surface area (Å²) in [6, 6.07) is -0.207. The van der Waals surface area contributed by atoms with Gasteiger partial charge >= 0.3 is 12.1 Å². The summed E-state index contributed by atoms with van der Waals surface area (Å²) in [4.78, 5) is 10.2. The van der Waals surface area contributed by atoms with Crippen LogP contribution in [0.5, 0.6) is 0 Å². The van der Waals surface area contributed by atoms with E-state index >= 15 is 0 Å². The molecule has 3 N–H and O–H groups in total. The maximum atomic E-state index is 11.6. The van der Waals surface area contributed by atoms with Crippen molar-refractivity contribution in [2.45, 2.75) is 26.1 Å². The quantitative estimate of drug-likeness (QED) is 0.425. The zero-order valence-corrected chi connectivity index (χ0v) is 7.12. The first-order valence-electron chi connectivity index (χ1n) is 3.46. The van der Waals surface area contributed by atoms with E-state index in [1.807, 2.05) is 0 Å². The van der Waals surface area contributed by atoms with E-state index in [2.05, 4.69) is 5.32 Å². The molecule has 1 amide bonds. The van der Waals surface area contributed by atoms with Gasteiger partial charge < -0.3 is 5.32 Å². The predicted octanol–water partition coefficient (Wildman–Crippen LogP) is 0.598. The van der Waals surface area contributed by atoms with Crippen molar-refractivity contribution in [3.8, 4) is 0 Å². The SMILES string of the molecule is CC(C)NC(=N)NC(=O)C(F)(F)F. The number of halogens is 3. The molecule has 13 heavy (non-hydrogen) atoms. The van der Waals surface area contributed by atoms with Gasteiger partial charge in [-0.2, -0.15) is 13.2 Å². The van der Waals surface area contributed by atoms with Gasteiger partial charge in [-0.3, -0.25) is 15.5 Å². The van der Waals surface area contributed by atoms with Crippen molar-refractivity contribution in [2.24, 2.45) is 0 Å². The third kappa shape index (κ3) is 5.05. The van der Waals surface area contributed by atoms with Gasteiger partial charge in [-0.15, -0.1) is 0 Å². The van der Waals surface area contributed by atoms with Gasteiger partial charge in [0.05, 0.1) is 0 Å². The topological polar surface area (TPSA) is 65.0 Å². The van der Waals surface area contributed by atoms with Crippen LogP contribution in [0, 0.1) is 5.41 Å². The Bertz CT molecular complexity index is 212. The first kappa shape index (κ1) is 11.7. The second kappa shape index (κ2) is 4.11. The Labute approximate surface area is 73.0 Å². The molecule has 0 radical (unpaired) electrons. The van der Waals surface area contributed by atoms with Crippen LogP contribution < -0.4 is 10.6 Å². The lowest BCUT2D eigenvalue weighted by Crippen LogP contribution is -2.47. The fraction of sp³-hybridized carbons (Fsp3) is 0.667. The van der Waals surface area contributed by atoms with Crippen molar-refractivity contribution in [2.75, 3.05) is 0 Å². The average Bonchev–Trinajstić information content (AvgIpc) is 1.82. The predicted molar refractivity (Wildman–Crippen MR) is 40.2 cm³/mol. The highest BCUT2D eigenvalue weighted by Crippen LogP contribution is 2.13. The molecule has 0 aliphatic rings. The molecule has 0 fully saturated rings. The highest BCUT2D eigenvalue weighted by atomic mass is 19.4. The van der Waals surface area contributed by atoms with Crippen LogP contribution in [-0.2, 0) is 4.79 Å². The van der Waals surface area contributed by atoms with Gasteiger partial charge in [0, 0.05) is 6.04 Å². The minimum atomic E-state index is -4.95. The van der Waals surface area contributed by atoms with E-state index in [9.17, 15) is 18.0 Å². The Morgan fingerprint density at radius 2 is 1.85 bits per heavy atom. The van der Waals surface area contributed by atoms with Crippen LogP contribution in [-0.4, -0.2) is 24.1 Å². The van der Waals surface area contributed by atoms with Crippen LogP contribution in [0.3, 0.4) is 0 Å². The fourth-order valence-corrected chi connectivity index (χ4v) is 0.509. The summed E-state index contributed by atoms with van der Waals surface area (Å²) in [6.45, 7) is 3.27. The molecule has 0 rings (SSSR count). The number of amides is 1. The van der Waals surface area contributed by atoms with E-state index in [4.69, 9.17) is 5.41 Å². The molecule has 0 heterocycles. The number of guanidine groups is 1. The van der Waals surface area contributed by atoms with Gasteiger partial charge in [0.1, 0.15) is 0 Å². The van der Waals surface area contributed by atoms with Crippen molar-refractivity contribution in [3.05, 3.63) is 0 Å². The second-order valence-electron chi connectivity index (χ2n) is 2.63. The highest BCUT2D eigenvalue weighted by Gasteiger charge is 2.39. The van der Waals surface area contributed by atoms with E-state index in [0.717, 1.165) is 0 Å². The van der Waals surface area contributed by atoms with Crippen LogP contribution in [0.2, 0.25) is 0 Å². The summed E-state index contributed by atoms with van der Waals surface area (Å²) in [5, 5.41) is 10.5. The van der Waals surface area contributed by atoms with Gasteiger partial charge in [0.25, 0.3) is 0 Å². The molecule has 0 aromatic carbocycles. The molecule has 4 nitrogen and oxygen atoms in total. The third-order valence-corrected chi connectivity index (χ3v) is 0.929. The van der Waals surface area contributed by atoms with E-state index < -0.39 is 18.0 Å². The summed E-state index contributed by atoms with van der Waals surface area (Å²) in [6.07, 6.45) is -4.95. The number of hydrogen-bond donors (Lipinski definition) is 3. The maximum absolute atomic E-state index is 11.6. The molecular weight excluding hydrogens is 187 g/mol. The summed E-state index contributed by atoms with van der Waals surface area (Å²) in [5.41, 5.74) is 0. The number of alkyl halides is 3. The highest BCUT2D eigenvalue weighted by molar-refractivity contribution is 5.98. The number of nitrogens with one attached hydrogen (secondary N) is 3. The summed E-state index contributed by atoms with van der Waals surface area (Å²) in [5.74, 6) is -2.80. The van der Waals surface area contributed by atoms with Gasteiger partial charge in [-0.25, -0.2) is 0 Å². The molecule has 0 aromatic heterocycles. The number of carbonyl (C=O) groups excluding carboxylic acids is 1. The van der Waals surface area contributed by atoms with Crippen molar-refractivity contribution >= 4 is 11.9 Å². The first-order chi connectivity index (χ1) is 5.73. The number of hydrogen-bond acceptors (Lipinski definition) is 2. The zero-order chi connectivity index (χ0) is 10.6. The van der Waals surface area contributed by atoms with Gasteiger partial charge in [0.2, 0.25) is 0 Å². The Balaban J connectivity index is 4.01. The Morgan fingerprint density at radius 1 is 1.38 bits per heavy atom. The van der Waals surface area contributed by atoms with Crippen molar-refractivity contribution < 1.29 is 18.0 Å². The zero-order valence-electron chi connectivity index (χ0n) is 7.12. The molecule has 0 saturated heterocycles.